The molecule has 0 radical (unpaired) electrons. The Kier molecular flexibility index (Phi) is 3.12. The maximum Gasteiger partial charge on any atom is 0.313 e. The van der Waals surface area contributed by atoms with E-state index in [0.29, 0.717) is 25.9 Å². The third kappa shape index (κ3) is 2.41. The summed E-state index contributed by atoms with van der Waals surface area (Å²) in [5.74, 6) is 0.706. The summed E-state index contributed by atoms with van der Waals surface area (Å²) in [7, 11) is 0. The quantitative estimate of drug-likeness (QED) is 0.702. The number of hydrogen-bond donors (Lipinski definition) is 3. The van der Waals surface area contributed by atoms with Crippen molar-refractivity contribution < 1.29 is 9.59 Å². The molecule has 3 heterocycles. The number of nitrogens with two attached hydrogens (primary N) is 1. The van der Waals surface area contributed by atoms with Crippen molar-refractivity contribution in [3.63, 3.8) is 0 Å². The Morgan fingerprint density at radius 1 is 1.38 bits per heavy atom. The predicted molar refractivity (Wildman–Crippen MR) is 86.6 cm³/mol. The standard InChI is InChI=1S/C15H19N7O2/c1-9-6-11-12(17-4-5-22(11)20-9)21-7-10(8-21)18-13(23)15(2-3-15)19-14(16)24/h4-6,10H,2-3,7-8H2,1H3,(H,18,23)(H3,16,19,24). The molecule has 2 aromatic heterocycles. The van der Waals surface area contributed by atoms with Gasteiger partial charge in [0.15, 0.2) is 5.82 Å². The zero-order valence-electron chi connectivity index (χ0n) is 13.3. The molecule has 9 nitrogen and oxygen atoms in total. The summed E-state index contributed by atoms with van der Waals surface area (Å²) in [4.78, 5) is 29.8. The van der Waals surface area contributed by atoms with Gasteiger partial charge < -0.3 is 21.3 Å². The molecule has 3 amide bonds. The first-order valence-corrected chi connectivity index (χ1v) is 7.91. The van der Waals surface area contributed by atoms with Crippen LogP contribution < -0.4 is 21.3 Å². The fraction of sp³-hybridized carbons (Fsp3) is 0.467. The summed E-state index contributed by atoms with van der Waals surface area (Å²) in [5.41, 5.74) is 6.22. The van der Waals surface area contributed by atoms with Crippen LogP contribution in [0.1, 0.15) is 18.5 Å². The van der Waals surface area contributed by atoms with E-state index in [0.717, 1.165) is 17.0 Å². The van der Waals surface area contributed by atoms with Crippen molar-refractivity contribution >= 4 is 23.3 Å². The van der Waals surface area contributed by atoms with Crippen LogP contribution in [0.15, 0.2) is 18.5 Å². The molecule has 0 unspecified atom stereocenters. The van der Waals surface area contributed by atoms with Crippen LogP contribution in [0.3, 0.4) is 0 Å². The van der Waals surface area contributed by atoms with Gasteiger partial charge in [-0.25, -0.2) is 14.3 Å². The molecule has 2 aromatic rings. The average molecular weight is 329 g/mol. The lowest BCUT2D eigenvalue weighted by Crippen LogP contribution is -2.63. The highest BCUT2D eigenvalue weighted by Gasteiger charge is 2.52. The van der Waals surface area contributed by atoms with Gasteiger partial charge in [-0.15, -0.1) is 0 Å². The van der Waals surface area contributed by atoms with E-state index in [1.54, 1.807) is 10.7 Å². The lowest BCUT2D eigenvalue weighted by atomic mass is 10.1. The van der Waals surface area contributed by atoms with Crippen molar-refractivity contribution in [1.82, 2.24) is 25.2 Å². The summed E-state index contributed by atoms with van der Waals surface area (Å²) < 4.78 is 1.81. The second-order valence-corrected chi connectivity index (χ2v) is 6.51. The fourth-order valence-electron chi connectivity index (χ4n) is 3.11. The van der Waals surface area contributed by atoms with Crippen molar-refractivity contribution in [2.24, 2.45) is 5.73 Å². The summed E-state index contributed by atoms with van der Waals surface area (Å²) in [6.45, 7) is 3.29. The second-order valence-electron chi connectivity index (χ2n) is 6.51. The topological polar surface area (TPSA) is 118 Å². The Labute approximate surface area is 138 Å². The Morgan fingerprint density at radius 3 is 2.79 bits per heavy atom. The number of anilines is 1. The number of aryl methyl sites for hydroxylation is 1. The van der Waals surface area contributed by atoms with Gasteiger partial charge in [-0.1, -0.05) is 0 Å². The van der Waals surface area contributed by atoms with Crippen LogP contribution in [0.4, 0.5) is 10.6 Å². The van der Waals surface area contributed by atoms with Crippen molar-refractivity contribution in [2.75, 3.05) is 18.0 Å². The van der Waals surface area contributed by atoms with Crippen molar-refractivity contribution in [3.05, 3.63) is 24.2 Å². The first kappa shape index (κ1) is 14.7. The highest BCUT2D eigenvalue weighted by molar-refractivity contribution is 5.93. The molecule has 4 rings (SSSR count). The Hall–Kier alpha value is -2.84. The number of rotatable bonds is 4. The van der Waals surface area contributed by atoms with E-state index >= 15 is 0 Å². The van der Waals surface area contributed by atoms with Crippen LogP contribution >= 0.6 is 0 Å². The zero-order valence-corrected chi connectivity index (χ0v) is 13.3. The number of nitrogens with zero attached hydrogens (tertiary/aromatic N) is 4. The van der Waals surface area contributed by atoms with Gasteiger partial charge in [-0.3, -0.25) is 4.79 Å². The van der Waals surface area contributed by atoms with Gasteiger partial charge in [0.25, 0.3) is 0 Å². The molecule has 126 valence electrons. The molecule has 1 saturated carbocycles. The summed E-state index contributed by atoms with van der Waals surface area (Å²) in [5, 5.41) is 9.90. The molecule has 24 heavy (non-hydrogen) atoms. The smallest absolute Gasteiger partial charge is 0.313 e. The van der Waals surface area contributed by atoms with E-state index in [2.05, 4.69) is 25.6 Å². The highest BCUT2D eigenvalue weighted by Crippen LogP contribution is 2.36. The number of fused-ring (bicyclic) bond motifs is 1. The minimum absolute atomic E-state index is 0.0377. The van der Waals surface area contributed by atoms with Gasteiger partial charge in [0.1, 0.15) is 11.1 Å². The molecule has 1 saturated heterocycles. The normalized spacial score (nSPS) is 19.0. The number of carbonyl (C=O) groups is 2. The lowest BCUT2D eigenvalue weighted by molar-refractivity contribution is -0.124. The van der Waals surface area contributed by atoms with Crippen molar-refractivity contribution in [1.29, 1.82) is 0 Å². The van der Waals surface area contributed by atoms with Crippen molar-refractivity contribution in [2.45, 2.75) is 31.3 Å². The van der Waals surface area contributed by atoms with E-state index in [-0.39, 0.29) is 11.9 Å². The van der Waals surface area contributed by atoms with Crippen LogP contribution in [-0.4, -0.2) is 51.2 Å². The van der Waals surface area contributed by atoms with Crippen molar-refractivity contribution in [3.8, 4) is 0 Å². The zero-order chi connectivity index (χ0) is 16.9. The molecule has 9 heteroatoms. The van der Waals surface area contributed by atoms with Gasteiger partial charge in [-0.2, -0.15) is 5.10 Å². The predicted octanol–water partition coefficient (Wildman–Crippen LogP) is -0.457. The van der Waals surface area contributed by atoms with Crippen LogP contribution in [0, 0.1) is 6.92 Å². The number of hydrogen-bond acceptors (Lipinski definition) is 5. The molecule has 1 aliphatic carbocycles. The van der Waals surface area contributed by atoms with E-state index in [4.69, 9.17) is 5.73 Å². The molecule has 0 atom stereocenters. The number of aromatic nitrogens is 3. The summed E-state index contributed by atoms with van der Waals surface area (Å²) in [6.07, 6.45) is 4.80. The number of nitrogens with one attached hydrogen (secondary N) is 2. The van der Waals surface area contributed by atoms with Crippen LogP contribution in [-0.2, 0) is 4.79 Å². The molecule has 2 aliphatic rings. The van der Waals surface area contributed by atoms with Gasteiger partial charge in [0.2, 0.25) is 5.91 Å². The molecular weight excluding hydrogens is 310 g/mol. The van der Waals surface area contributed by atoms with E-state index in [9.17, 15) is 9.59 Å². The maximum atomic E-state index is 12.3. The Balaban J connectivity index is 1.40. The minimum atomic E-state index is -0.799. The van der Waals surface area contributed by atoms with Gasteiger partial charge in [-0.05, 0) is 25.8 Å². The maximum absolute atomic E-state index is 12.3. The third-order valence-corrected chi connectivity index (χ3v) is 4.56. The minimum Gasteiger partial charge on any atom is -0.352 e. The van der Waals surface area contributed by atoms with E-state index < -0.39 is 11.6 Å². The van der Waals surface area contributed by atoms with E-state index in [1.165, 1.54) is 0 Å². The number of primary amides is 1. The monoisotopic (exact) mass is 329 g/mol. The van der Waals surface area contributed by atoms with Gasteiger partial charge in [0, 0.05) is 25.5 Å². The molecule has 0 spiro atoms. The SMILES string of the molecule is Cc1cc2c(N3CC(NC(=O)C4(NC(N)=O)CC4)C3)nccn2n1. The first-order chi connectivity index (χ1) is 11.5. The summed E-state index contributed by atoms with van der Waals surface area (Å²) >= 11 is 0. The number of urea groups is 1. The molecule has 4 N–H and O–H groups in total. The number of amides is 3. The molecule has 1 aliphatic heterocycles. The third-order valence-electron chi connectivity index (χ3n) is 4.56. The summed E-state index contributed by atoms with van der Waals surface area (Å²) in [6, 6.07) is 1.37. The Morgan fingerprint density at radius 2 is 2.12 bits per heavy atom. The van der Waals surface area contributed by atoms with Gasteiger partial charge in [0.05, 0.1) is 11.7 Å². The van der Waals surface area contributed by atoms with Crippen LogP contribution in [0.25, 0.3) is 5.52 Å². The molecule has 0 bridgehead atoms. The largest absolute Gasteiger partial charge is 0.352 e. The van der Waals surface area contributed by atoms with E-state index in [1.807, 2.05) is 19.2 Å². The van der Waals surface area contributed by atoms with Crippen LogP contribution in [0.2, 0.25) is 0 Å². The Bertz CT molecular complexity index is 820. The first-order valence-electron chi connectivity index (χ1n) is 7.91. The highest BCUT2D eigenvalue weighted by atomic mass is 16.2. The molecule has 2 fully saturated rings. The second kappa shape index (κ2) is 5.08. The average Bonchev–Trinajstić information content (AvgIpc) is 3.14. The fourth-order valence-corrected chi connectivity index (χ4v) is 3.11. The molecular formula is C15H19N7O2. The van der Waals surface area contributed by atoms with Gasteiger partial charge >= 0.3 is 6.03 Å². The molecule has 0 aromatic carbocycles. The number of carbonyl (C=O) groups excluding carboxylic acids is 2. The lowest BCUT2D eigenvalue weighted by Gasteiger charge is -2.41. The van der Waals surface area contributed by atoms with Crippen LogP contribution in [0.5, 0.6) is 0 Å².